The zero-order valence-electron chi connectivity index (χ0n) is 9.45. The SMILES string of the molecule is CN1C2CCC1CC(O)(C(C)(C)N)C2. The van der Waals surface area contributed by atoms with E-state index in [0.29, 0.717) is 12.1 Å². The number of piperidine rings is 1. The van der Waals surface area contributed by atoms with E-state index in [1.807, 2.05) is 13.8 Å². The summed E-state index contributed by atoms with van der Waals surface area (Å²) < 4.78 is 0. The molecule has 2 rings (SSSR count). The van der Waals surface area contributed by atoms with Gasteiger partial charge in [-0.3, -0.25) is 0 Å². The maximum absolute atomic E-state index is 10.6. The van der Waals surface area contributed by atoms with Crippen LogP contribution in [0.2, 0.25) is 0 Å². The summed E-state index contributed by atoms with van der Waals surface area (Å²) in [6.07, 6.45) is 4.12. The van der Waals surface area contributed by atoms with Gasteiger partial charge in [0.1, 0.15) is 0 Å². The summed E-state index contributed by atoms with van der Waals surface area (Å²) in [5.41, 5.74) is 4.94. The molecule has 0 saturated carbocycles. The largest absolute Gasteiger partial charge is 0.388 e. The minimum Gasteiger partial charge on any atom is -0.388 e. The van der Waals surface area contributed by atoms with Crippen molar-refractivity contribution in [2.45, 2.75) is 62.8 Å². The Balaban J connectivity index is 2.20. The van der Waals surface area contributed by atoms with Gasteiger partial charge < -0.3 is 15.7 Å². The van der Waals surface area contributed by atoms with Crippen LogP contribution in [-0.2, 0) is 0 Å². The fourth-order valence-electron chi connectivity index (χ4n) is 2.97. The van der Waals surface area contributed by atoms with Crippen molar-refractivity contribution in [2.24, 2.45) is 5.73 Å². The first-order valence-electron chi connectivity index (χ1n) is 5.57. The van der Waals surface area contributed by atoms with Crippen LogP contribution in [-0.4, -0.2) is 40.3 Å². The molecule has 3 N–H and O–H groups in total. The van der Waals surface area contributed by atoms with E-state index in [1.165, 1.54) is 12.8 Å². The van der Waals surface area contributed by atoms with Crippen LogP contribution < -0.4 is 5.73 Å². The van der Waals surface area contributed by atoms with Gasteiger partial charge in [-0.05, 0) is 46.6 Å². The smallest absolute Gasteiger partial charge is 0.0850 e. The second-order valence-electron chi connectivity index (χ2n) is 5.71. The lowest BCUT2D eigenvalue weighted by Crippen LogP contribution is -2.63. The van der Waals surface area contributed by atoms with Crippen LogP contribution in [0.15, 0.2) is 0 Å². The second kappa shape index (κ2) is 2.94. The Morgan fingerprint density at radius 2 is 1.71 bits per heavy atom. The third-order valence-electron chi connectivity index (χ3n) is 4.33. The Hall–Kier alpha value is -0.120. The number of hydrogen-bond acceptors (Lipinski definition) is 3. The summed E-state index contributed by atoms with van der Waals surface area (Å²) in [6.45, 7) is 3.88. The number of fused-ring (bicyclic) bond motifs is 2. The summed E-state index contributed by atoms with van der Waals surface area (Å²) in [5, 5.41) is 10.6. The molecule has 2 bridgehead atoms. The first-order chi connectivity index (χ1) is 6.33. The molecular formula is C11H22N2O. The summed E-state index contributed by atoms with van der Waals surface area (Å²) in [7, 11) is 2.17. The Morgan fingerprint density at radius 3 is 2.07 bits per heavy atom. The Morgan fingerprint density at radius 1 is 1.29 bits per heavy atom. The fraction of sp³-hybridized carbons (Fsp3) is 1.00. The van der Waals surface area contributed by atoms with E-state index in [4.69, 9.17) is 5.73 Å². The van der Waals surface area contributed by atoms with Crippen LogP contribution in [0.3, 0.4) is 0 Å². The van der Waals surface area contributed by atoms with Crippen LogP contribution in [0.25, 0.3) is 0 Å². The molecule has 3 heteroatoms. The van der Waals surface area contributed by atoms with Gasteiger partial charge in [0, 0.05) is 17.6 Å². The number of aliphatic hydroxyl groups is 1. The number of hydrogen-bond donors (Lipinski definition) is 2. The van der Waals surface area contributed by atoms with Gasteiger partial charge >= 0.3 is 0 Å². The van der Waals surface area contributed by atoms with Gasteiger partial charge in [0.05, 0.1) is 5.60 Å². The van der Waals surface area contributed by atoms with Gasteiger partial charge in [-0.2, -0.15) is 0 Å². The highest BCUT2D eigenvalue weighted by atomic mass is 16.3. The maximum atomic E-state index is 10.6. The van der Waals surface area contributed by atoms with Crippen LogP contribution in [0, 0.1) is 0 Å². The minimum absolute atomic E-state index is 0.477. The Labute approximate surface area is 86.3 Å². The molecule has 2 aliphatic heterocycles. The summed E-state index contributed by atoms with van der Waals surface area (Å²) >= 11 is 0. The van der Waals surface area contributed by atoms with E-state index < -0.39 is 11.1 Å². The third-order valence-corrected chi connectivity index (χ3v) is 4.33. The van der Waals surface area contributed by atoms with Crippen LogP contribution in [0.4, 0.5) is 0 Å². The average Bonchev–Trinajstić information content (AvgIpc) is 2.32. The maximum Gasteiger partial charge on any atom is 0.0850 e. The zero-order chi connectivity index (χ0) is 10.6. The van der Waals surface area contributed by atoms with Gasteiger partial charge in [0.2, 0.25) is 0 Å². The van der Waals surface area contributed by atoms with Crippen LogP contribution in [0.1, 0.15) is 39.5 Å². The van der Waals surface area contributed by atoms with E-state index in [-0.39, 0.29) is 0 Å². The van der Waals surface area contributed by atoms with E-state index in [1.54, 1.807) is 0 Å². The summed E-state index contributed by atoms with van der Waals surface area (Å²) in [5.74, 6) is 0. The summed E-state index contributed by atoms with van der Waals surface area (Å²) in [4.78, 5) is 2.42. The molecular weight excluding hydrogens is 176 g/mol. The summed E-state index contributed by atoms with van der Waals surface area (Å²) in [6, 6.07) is 1.09. The van der Waals surface area contributed by atoms with E-state index >= 15 is 0 Å². The molecule has 82 valence electrons. The third kappa shape index (κ3) is 1.38. The molecule has 2 unspecified atom stereocenters. The molecule has 3 nitrogen and oxygen atoms in total. The van der Waals surface area contributed by atoms with Gasteiger partial charge in [-0.15, -0.1) is 0 Å². The highest BCUT2D eigenvalue weighted by molar-refractivity contribution is 5.08. The number of nitrogens with two attached hydrogens (primary N) is 1. The van der Waals surface area contributed by atoms with Crippen molar-refractivity contribution in [1.29, 1.82) is 0 Å². The molecule has 2 saturated heterocycles. The molecule has 14 heavy (non-hydrogen) atoms. The van der Waals surface area contributed by atoms with Crippen molar-refractivity contribution < 1.29 is 5.11 Å². The highest BCUT2D eigenvalue weighted by Gasteiger charge is 2.51. The fourth-order valence-corrected chi connectivity index (χ4v) is 2.97. The monoisotopic (exact) mass is 198 g/mol. The molecule has 2 atom stereocenters. The molecule has 0 radical (unpaired) electrons. The minimum atomic E-state index is -0.661. The Bertz CT molecular complexity index is 220. The topological polar surface area (TPSA) is 49.5 Å². The van der Waals surface area contributed by atoms with E-state index in [2.05, 4.69) is 11.9 Å². The lowest BCUT2D eigenvalue weighted by atomic mass is 9.74. The van der Waals surface area contributed by atoms with Crippen molar-refractivity contribution in [2.75, 3.05) is 7.05 Å². The van der Waals surface area contributed by atoms with Gasteiger partial charge in [0.15, 0.2) is 0 Å². The first kappa shape index (κ1) is 10.4. The number of rotatable bonds is 1. The normalized spacial score (nSPS) is 44.4. The second-order valence-corrected chi connectivity index (χ2v) is 5.71. The molecule has 0 aromatic rings. The molecule has 0 aliphatic carbocycles. The standard InChI is InChI=1S/C11H22N2O/c1-10(2,12)11(14)6-8-4-5-9(7-11)13(8)3/h8-9,14H,4-7,12H2,1-3H3. The van der Waals surface area contributed by atoms with Crippen molar-refractivity contribution in [3.63, 3.8) is 0 Å². The van der Waals surface area contributed by atoms with E-state index in [9.17, 15) is 5.11 Å². The molecule has 2 fully saturated rings. The Kier molecular flexibility index (Phi) is 2.18. The molecule has 2 heterocycles. The molecule has 0 aromatic carbocycles. The molecule has 2 aliphatic rings. The van der Waals surface area contributed by atoms with E-state index in [0.717, 1.165) is 12.8 Å². The quantitative estimate of drug-likeness (QED) is 0.652. The number of nitrogens with zero attached hydrogens (tertiary/aromatic N) is 1. The molecule has 0 aromatic heterocycles. The highest BCUT2D eigenvalue weighted by Crippen LogP contribution is 2.43. The van der Waals surface area contributed by atoms with Crippen molar-refractivity contribution in [3.8, 4) is 0 Å². The lowest BCUT2D eigenvalue weighted by molar-refractivity contribution is -0.0874. The van der Waals surface area contributed by atoms with Gasteiger partial charge in [-0.1, -0.05) is 0 Å². The first-order valence-corrected chi connectivity index (χ1v) is 5.57. The average molecular weight is 198 g/mol. The zero-order valence-corrected chi connectivity index (χ0v) is 9.45. The van der Waals surface area contributed by atoms with Crippen molar-refractivity contribution >= 4 is 0 Å². The van der Waals surface area contributed by atoms with Gasteiger partial charge in [-0.25, -0.2) is 0 Å². The van der Waals surface area contributed by atoms with Crippen molar-refractivity contribution in [1.82, 2.24) is 4.90 Å². The van der Waals surface area contributed by atoms with Gasteiger partial charge in [0.25, 0.3) is 0 Å². The van der Waals surface area contributed by atoms with Crippen LogP contribution in [0.5, 0.6) is 0 Å². The predicted octanol–water partition coefficient (Wildman–Crippen LogP) is 0.711. The molecule has 0 amide bonds. The van der Waals surface area contributed by atoms with Crippen LogP contribution >= 0.6 is 0 Å². The predicted molar refractivity (Wildman–Crippen MR) is 57.0 cm³/mol. The van der Waals surface area contributed by atoms with Crippen molar-refractivity contribution in [3.05, 3.63) is 0 Å². The lowest BCUT2D eigenvalue weighted by Gasteiger charge is -2.48. The molecule has 0 spiro atoms.